The van der Waals surface area contributed by atoms with Crippen LogP contribution in [0, 0.1) is 35.0 Å². The summed E-state index contributed by atoms with van der Waals surface area (Å²) in [7, 11) is -3.16. The highest BCUT2D eigenvalue weighted by Gasteiger charge is 2.47. The van der Waals surface area contributed by atoms with E-state index in [9.17, 15) is 13.7 Å². The Labute approximate surface area is 172 Å². The third-order valence-electron chi connectivity index (χ3n) is 6.52. The van der Waals surface area contributed by atoms with Crippen LogP contribution in [0.5, 0.6) is 0 Å². The molecule has 2 fully saturated rings. The second-order valence-electron chi connectivity index (χ2n) is 8.31. The van der Waals surface area contributed by atoms with E-state index in [-0.39, 0.29) is 23.6 Å². The molecule has 6 heteroatoms. The highest BCUT2D eigenvalue weighted by Crippen LogP contribution is 2.43. The van der Waals surface area contributed by atoms with Crippen LogP contribution in [0.3, 0.4) is 0 Å². The molecule has 5 nitrogen and oxygen atoms in total. The molecule has 2 aromatic rings. The van der Waals surface area contributed by atoms with Crippen LogP contribution >= 0.6 is 0 Å². The van der Waals surface area contributed by atoms with Gasteiger partial charge in [-0.15, -0.1) is 0 Å². The molecular weight excluding hydrogens is 382 g/mol. The normalized spacial score (nSPS) is 30.7. The zero-order chi connectivity index (χ0) is 20.6. The smallest absolute Gasteiger partial charge is 0.212 e. The number of nitriles is 1. The van der Waals surface area contributed by atoms with Crippen LogP contribution in [0.15, 0.2) is 48.7 Å². The number of hydrogen-bond donors (Lipinski definition) is 1. The molecule has 4 rings (SSSR count). The molecule has 1 N–H and O–H groups in total. The maximum Gasteiger partial charge on any atom is 0.212 e. The molecule has 1 aromatic heterocycles. The third kappa shape index (κ3) is 3.98. The lowest BCUT2D eigenvalue weighted by molar-refractivity contribution is 0.140. The number of fused-ring (bicyclic) bond motifs is 1. The number of rotatable bonds is 3. The van der Waals surface area contributed by atoms with Crippen LogP contribution in [0.2, 0.25) is 0 Å². The first-order chi connectivity index (χ1) is 13.9. The van der Waals surface area contributed by atoms with Gasteiger partial charge in [-0.2, -0.15) is 5.26 Å². The predicted molar refractivity (Wildman–Crippen MR) is 114 cm³/mol. The topological polar surface area (TPSA) is 82.8 Å². The van der Waals surface area contributed by atoms with Gasteiger partial charge in [0.1, 0.15) is 0 Å². The minimum absolute atomic E-state index is 0.0404. The van der Waals surface area contributed by atoms with Crippen molar-refractivity contribution in [2.75, 3.05) is 5.75 Å². The fraction of sp³-hybridized carbons (Fsp3) is 0.391. The third-order valence-corrected chi connectivity index (χ3v) is 8.00. The molecule has 0 radical (unpaired) electrons. The molecule has 1 aliphatic heterocycles. The van der Waals surface area contributed by atoms with E-state index in [4.69, 9.17) is 0 Å². The summed E-state index contributed by atoms with van der Waals surface area (Å²) in [6.45, 7) is 4.42. The monoisotopic (exact) mass is 407 g/mol. The van der Waals surface area contributed by atoms with Crippen molar-refractivity contribution in [1.29, 1.82) is 5.26 Å². The Bertz CT molecular complexity index is 1070. The number of benzene rings is 1. The van der Waals surface area contributed by atoms with Gasteiger partial charge in [-0.25, -0.2) is 13.1 Å². The van der Waals surface area contributed by atoms with Crippen molar-refractivity contribution in [3.8, 4) is 17.2 Å². The van der Waals surface area contributed by atoms with Gasteiger partial charge in [0.2, 0.25) is 10.0 Å². The Hall–Kier alpha value is -2.49. The molecule has 2 aliphatic rings. The lowest BCUT2D eigenvalue weighted by Crippen LogP contribution is -2.42. The standard InChI is InChI=1S/C23H25N3O2S/c1-15-11-23-22(14-29(27,28)26-23)20(16(15)2)10-9-19-8-7-18(13-25-19)21-6-4-3-5-17(21)12-24/h3-10,13,15-16,20,22-23,26H,11,14H2,1-2H3/t15-,16+,20-,22+,23-/m0/s1. The van der Waals surface area contributed by atoms with Crippen LogP contribution in [0.1, 0.15) is 31.5 Å². The number of nitrogens with one attached hydrogen (secondary N) is 1. The molecule has 29 heavy (non-hydrogen) atoms. The highest BCUT2D eigenvalue weighted by atomic mass is 32.2. The zero-order valence-electron chi connectivity index (χ0n) is 16.6. The van der Waals surface area contributed by atoms with E-state index < -0.39 is 10.0 Å². The predicted octanol–water partition coefficient (Wildman–Crippen LogP) is 3.84. The number of sulfonamides is 1. The Kier molecular flexibility index (Phi) is 5.28. The molecule has 150 valence electrons. The van der Waals surface area contributed by atoms with Crippen molar-refractivity contribution in [3.63, 3.8) is 0 Å². The lowest BCUT2D eigenvalue weighted by Gasteiger charge is -2.40. The van der Waals surface area contributed by atoms with Crippen molar-refractivity contribution in [2.24, 2.45) is 23.7 Å². The Morgan fingerprint density at radius 1 is 1.21 bits per heavy atom. The van der Waals surface area contributed by atoms with Gasteiger partial charge >= 0.3 is 0 Å². The SMILES string of the molecule is C[C@H]1[C@H](C=Cc2ccc(-c3ccccc3C#N)cn2)[C@H]2CS(=O)(=O)N[C@H]2C[C@@H]1C. The van der Waals surface area contributed by atoms with E-state index in [0.29, 0.717) is 17.4 Å². The van der Waals surface area contributed by atoms with Gasteiger partial charge in [-0.05, 0) is 48.3 Å². The van der Waals surface area contributed by atoms with Gasteiger partial charge in [-0.1, -0.05) is 44.2 Å². The van der Waals surface area contributed by atoms with Crippen LogP contribution < -0.4 is 4.72 Å². The molecule has 1 aromatic carbocycles. The van der Waals surface area contributed by atoms with Gasteiger partial charge in [0.15, 0.2) is 0 Å². The van der Waals surface area contributed by atoms with E-state index in [2.05, 4.69) is 35.7 Å². The number of allylic oxidation sites excluding steroid dienone is 1. The summed E-state index contributed by atoms with van der Waals surface area (Å²) in [5, 5.41) is 9.29. The Morgan fingerprint density at radius 2 is 2.00 bits per heavy atom. The molecule has 0 spiro atoms. The molecule has 5 atom stereocenters. The quantitative estimate of drug-likeness (QED) is 0.838. The van der Waals surface area contributed by atoms with Crippen molar-refractivity contribution in [2.45, 2.75) is 26.3 Å². The summed E-state index contributed by atoms with van der Waals surface area (Å²) in [6.07, 6.45) is 6.83. The zero-order valence-corrected chi connectivity index (χ0v) is 17.4. The Morgan fingerprint density at radius 3 is 2.72 bits per heavy atom. The maximum absolute atomic E-state index is 12.1. The minimum Gasteiger partial charge on any atom is -0.256 e. The summed E-state index contributed by atoms with van der Waals surface area (Å²) in [6, 6.07) is 13.7. The van der Waals surface area contributed by atoms with Gasteiger partial charge in [0.05, 0.1) is 23.1 Å². The largest absolute Gasteiger partial charge is 0.256 e. The average molecular weight is 408 g/mol. The molecule has 1 aliphatic carbocycles. The first-order valence-electron chi connectivity index (χ1n) is 10.0. The summed E-state index contributed by atoms with van der Waals surface area (Å²) < 4.78 is 27.0. The molecule has 2 heterocycles. The van der Waals surface area contributed by atoms with Gasteiger partial charge < -0.3 is 0 Å². The fourth-order valence-corrected chi connectivity index (χ4v) is 6.54. The number of pyridine rings is 1. The van der Waals surface area contributed by atoms with E-state index in [1.54, 1.807) is 12.3 Å². The summed E-state index contributed by atoms with van der Waals surface area (Å²) in [5.41, 5.74) is 3.24. The second kappa shape index (κ2) is 7.74. The first-order valence-corrected chi connectivity index (χ1v) is 11.7. The van der Waals surface area contributed by atoms with Gasteiger partial charge in [0, 0.05) is 23.4 Å². The molecule has 0 bridgehead atoms. The average Bonchev–Trinajstić information content (AvgIpc) is 3.02. The van der Waals surface area contributed by atoms with Crippen molar-refractivity contribution in [1.82, 2.24) is 9.71 Å². The summed E-state index contributed by atoms with van der Waals surface area (Å²) >= 11 is 0. The lowest BCUT2D eigenvalue weighted by atomic mass is 9.66. The van der Waals surface area contributed by atoms with Crippen molar-refractivity contribution < 1.29 is 8.42 Å². The number of aromatic nitrogens is 1. The van der Waals surface area contributed by atoms with Crippen LogP contribution in [-0.2, 0) is 10.0 Å². The maximum atomic E-state index is 12.1. The fourth-order valence-electron chi connectivity index (χ4n) is 4.75. The van der Waals surface area contributed by atoms with E-state index in [0.717, 1.165) is 23.2 Å². The summed E-state index contributed by atoms with van der Waals surface area (Å²) in [4.78, 5) is 4.54. The van der Waals surface area contributed by atoms with Crippen LogP contribution in [0.25, 0.3) is 17.2 Å². The van der Waals surface area contributed by atoms with Crippen LogP contribution in [-0.4, -0.2) is 25.2 Å². The molecule has 0 unspecified atom stereocenters. The van der Waals surface area contributed by atoms with E-state index >= 15 is 0 Å². The molecular formula is C23H25N3O2S. The van der Waals surface area contributed by atoms with Crippen LogP contribution in [0.4, 0.5) is 0 Å². The van der Waals surface area contributed by atoms with Crippen molar-refractivity contribution in [3.05, 3.63) is 59.9 Å². The molecule has 0 amide bonds. The number of hydrogen-bond acceptors (Lipinski definition) is 4. The van der Waals surface area contributed by atoms with Gasteiger partial charge in [-0.3, -0.25) is 4.98 Å². The second-order valence-corrected chi connectivity index (χ2v) is 10.1. The Balaban J connectivity index is 1.56. The van der Waals surface area contributed by atoms with Gasteiger partial charge in [0.25, 0.3) is 0 Å². The minimum atomic E-state index is -3.16. The highest BCUT2D eigenvalue weighted by molar-refractivity contribution is 7.89. The van der Waals surface area contributed by atoms with E-state index in [1.165, 1.54) is 0 Å². The van der Waals surface area contributed by atoms with E-state index in [1.807, 2.05) is 36.4 Å². The van der Waals surface area contributed by atoms with Crippen molar-refractivity contribution >= 4 is 16.1 Å². The first kappa shape index (κ1) is 19.8. The molecule has 1 saturated carbocycles. The number of nitrogens with zero attached hydrogens (tertiary/aromatic N) is 2. The summed E-state index contributed by atoms with van der Waals surface area (Å²) in [5.74, 6) is 1.41. The molecule has 1 saturated heterocycles.